The van der Waals surface area contributed by atoms with E-state index in [1.807, 2.05) is 24.3 Å². The first-order valence-electron chi connectivity index (χ1n) is 10.1. The molecule has 154 valence electrons. The van der Waals surface area contributed by atoms with E-state index in [2.05, 4.69) is 23.1 Å². The van der Waals surface area contributed by atoms with Crippen LogP contribution in [0.1, 0.15) is 16.8 Å². The Bertz CT molecular complexity index is 1220. The van der Waals surface area contributed by atoms with E-state index >= 15 is 0 Å². The maximum absolute atomic E-state index is 12.7. The number of nitrogens with zero attached hydrogens (tertiary/aromatic N) is 2. The van der Waals surface area contributed by atoms with Crippen molar-refractivity contribution < 1.29 is 17.9 Å². The Morgan fingerprint density at radius 3 is 2.53 bits per heavy atom. The molecule has 0 radical (unpaired) electrons. The van der Waals surface area contributed by atoms with Crippen LogP contribution in [0.4, 0.5) is 0 Å². The molecular formula is C23H22N2O4S. The summed E-state index contributed by atoms with van der Waals surface area (Å²) in [5, 5.41) is 2.32. The largest absolute Gasteiger partial charge is 0.489 e. The smallest absolute Gasteiger partial charge is 0.269 e. The molecule has 0 N–H and O–H groups in total. The molecule has 3 aromatic carbocycles. The van der Waals surface area contributed by atoms with Gasteiger partial charge in [0.1, 0.15) is 16.7 Å². The summed E-state index contributed by atoms with van der Waals surface area (Å²) in [4.78, 5) is 14.8. The average Bonchev–Trinajstić information content (AvgIpc) is 3.27. The van der Waals surface area contributed by atoms with Gasteiger partial charge < -0.3 is 4.74 Å². The van der Waals surface area contributed by atoms with Crippen molar-refractivity contribution in [1.29, 1.82) is 0 Å². The zero-order valence-electron chi connectivity index (χ0n) is 16.4. The van der Waals surface area contributed by atoms with Crippen molar-refractivity contribution in [1.82, 2.24) is 9.21 Å². The maximum atomic E-state index is 12.7. The third kappa shape index (κ3) is 3.34. The summed E-state index contributed by atoms with van der Waals surface area (Å²) >= 11 is 0. The number of fused-ring (bicyclic) bond motifs is 2. The Morgan fingerprint density at radius 2 is 1.70 bits per heavy atom. The highest BCUT2D eigenvalue weighted by atomic mass is 32.2. The highest BCUT2D eigenvalue weighted by molar-refractivity contribution is 7.90. The molecule has 2 aliphatic heterocycles. The second kappa shape index (κ2) is 7.41. The van der Waals surface area contributed by atoms with E-state index < -0.39 is 15.9 Å². The van der Waals surface area contributed by atoms with Gasteiger partial charge in [-0.2, -0.15) is 0 Å². The molecule has 1 amide bonds. The molecule has 3 aromatic rings. The van der Waals surface area contributed by atoms with Gasteiger partial charge in [0, 0.05) is 19.6 Å². The Hall–Kier alpha value is -2.90. The third-order valence-corrected chi connectivity index (χ3v) is 7.62. The van der Waals surface area contributed by atoms with Crippen LogP contribution < -0.4 is 4.74 Å². The van der Waals surface area contributed by atoms with Crippen molar-refractivity contribution >= 4 is 26.7 Å². The normalized spacial score (nSPS) is 20.6. The standard InChI is InChI=1S/C23H22N2O4S/c26-23-21-7-3-4-8-22(21)30(27,28)25(23)14-13-24-12-11-20(16-24)29-19-10-9-17-5-1-2-6-18(17)15-19/h1-10,15,20H,11-14,16H2. The van der Waals surface area contributed by atoms with Crippen LogP contribution in [0.3, 0.4) is 0 Å². The van der Waals surface area contributed by atoms with Gasteiger partial charge in [0.2, 0.25) is 0 Å². The number of amides is 1. The summed E-state index contributed by atoms with van der Waals surface area (Å²) in [5.41, 5.74) is 0.261. The van der Waals surface area contributed by atoms with Crippen LogP contribution in [0.25, 0.3) is 10.8 Å². The van der Waals surface area contributed by atoms with E-state index in [-0.39, 0.29) is 23.1 Å². The van der Waals surface area contributed by atoms with Crippen LogP contribution in [-0.2, 0) is 10.0 Å². The fourth-order valence-electron chi connectivity index (χ4n) is 4.21. The minimum absolute atomic E-state index is 0.0502. The number of hydrogen-bond acceptors (Lipinski definition) is 5. The minimum Gasteiger partial charge on any atom is -0.489 e. The van der Waals surface area contributed by atoms with E-state index in [1.54, 1.807) is 18.2 Å². The molecule has 6 nitrogen and oxygen atoms in total. The minimum atomic E-state index is -3.74. The number of carbonyl (C=O) groups is 1. The highest BCUT2D eigenvalue weighted by Gasteiger charge is 2.41. The molecule has 0 aliphatic carbocycles. The van der Waals surface area contributed by atoms with Gasteiger partial charge in [0.25, 0.3) is 15.9 Å². The quantitative estimate of drug-likeness (QED) is 0.632. The van der Waals surface area contributed by atoms with Crippen LogP contribution in [0.15, 0.2) is 71.6 Å². The summed E-state index contributed by atoms with van der Waals surface area (Å²) in [6, 6.07) is 20.6. The fraction of sp³-hybridized carbons (Fsp3) is 0.261. The van der Waals surface area contributed by atoms with Gasteiger partial charge in [-0.3, -0.25) is 9.69 Å². The van der Waals surface area contributed by atoms with Gasteiger partial charge in [0.15, 0.2) is 0 Å². The molecule has 0 saturated carbocycles. The van der Waals surface area contributed by atoms with Crippen molar-refractivity contribution in [3.05, 3.63) is 72.3 Å². The first-order chi connectivity index (χ1) is 14.5. The number of hydrogen-bond donors (Lipinski definition) is 0. The number of ether oxygens (including phenoxy) is 1. The summed E-state index contributed by atoms with van der Waals surface area (Å²) in [7, 11) is -3.74. The predicted molar refractivity (Wildman–Crippen MR) is 114 cm³/mol. The number of sulfonamides is 1. The van der Waals surface area contributed by atoms with Crippen molar-refractivity contribution in [2.45, 2.75) is 17.4 Å². The van der Waals surface area contributed by atoms with Gasteiger partial charge in [-0.15, -0.1) is 0 Å². The number of rotatable bonds is 5. The van der Waals surface area contributed by atoms with E-state index in [0.29, 0.717) is 13.1 Å². The molecule has 5 rings (SSSR count). The molecule has 1 unspecified atom stereocenters. The Balaban J connectivity index is 1.20. The van der Waals surface area contributed by atoms with Gasteiger partial charge in [0.05, 0.1) is 12.1 Å². The predicted octanol–water partition coefficient (Wildman–Crippen LogP) is 3.14. The van der Waals surface area contributed by atoms with Crippen LogP contribution in [0.5, 0.6) is 5.75 Å². The van der Waals surface area contributed by atoms with Crippen LogP contribution in [0.2, 0.25) is 0 Å². The molecule has 2 aliphatic rings. The molecule has 0 aromatic heterocycles. The van der Waals surface area contributed by atoms with Gasteiger partial charge in [-0.1, -0.05) is 42.5 Å². The molecular weight excluding hydrogens is 400 g/mol. The van der Waals surface area contributed by atoms with Gasteiger partial charge in [-0.25, -0.2) is 12.7 Å². The lowest BCUT2D eigenvalue weighted by Crippen LogP contribution is -2.38. The van der Waals surface area contributed by atoms with Gasteiger partial charge >= 0.3 is 0 Å². The van der Waals surface area contributed by atoms with Crippen molar-refractivity contribution in [2.24, 2.45) is 0 Å². The molecule has 0 bridgehead atoms. The Morgan fingerprint density at radius 1 is 0.933 bits per heavy atom. The van der Waals surface area contributed by atoms with Crippen LogP contribution >= 0.6 is 0 Å². The summed E-state index contributed by atoms with van der Waals surface area (Å²) in [6.45, 7) is 2.17. The van der Waals surface area contributed by atoms with Crippen molar-refractivity contribution in [2.75, 3.05) is 26.2 Å². The van der Waals surface area contributed by atoms with E-state index in [4.69, 9.17) is 4.74 Å². The van der Waals surface area contributed by atoms with E-state index in [9.17, 15) is 13.2 Å². The van der Waals surface area contributed by atoms with E-state index in [1.165, 1.54) is 11.5 Å². The van der Waals surface area contributed by atoms with Crippen LogP contribution in [0, 0.1) is 0 Å². The molecule has 2 heterocycles. The molecule has 1 atom stereocenters. The lowest BCUT2D eigenvalue weighted by molar-refractivity contribution is 0.0861. The highest BCUT2D eigenvalue weighted by Crippen LogP contribution is 2.30. The van der Waals surface area contributed by atoms with Crippen molar-refractivity contribution in [3.8, 4) is 5.75 Å². The second-order valence-corrected chi connectivity index (χ2v) is 9.55. The summed E-state index contributed by atoms with van der Waals surface area (Å²) < 4.78 is 32.5. The first-order valence-corrected chi connectivity index (χ1v) is 11.5. The zero-order valence-corrected chi connectivity index (χ0v) is 17.2. The van der Waals surface area contributed by atoms with Crippen molar-refractivity contribution in [3.63, 3.8) is 0 Å². The summed E-state index contributed by atoms with van der Waals surface area (Å²) in [5.74, 6) is 0.405. The number of benzene rings is 3. The number of likely N-dealkylation sites (tertiary alicyclic amines) is 1. The topological polar surface area (TPSA) is 66.9 Å². The molecule has 30 heavy (non-hydrogen) atoms. The average molecular weight is 423 g/mol. The first kappa shape index (κ1) is 19.1. The monoisotopic (exact) mass is 422 g/mol. The molecule has 1 saturated heterocycles. The third-order valence-electron chi connectivity index (χ3n) is 5.78. The molecule has 0 spiro atoms. The molecule has 7 heteroatoms. The summed E-state index contributed by atoms with van der Waals surface area (Å²) in [6.07, 6.45) is 0.919. The molecule has 1 fully saturated rings. The maximum Gasteiger partial charge on any atom is 0.269 e. The number of carbonyl (C=O) groups excluding carboxylic acids is 1. The van der Waals surface area contributed by atoms with E-state index in [0.717, 1.165) is 28.4 Å². The zero-order chi connectivity index (χ0) is 20.7. The lowest BCUT2D eigenvalue weighted by atomic mass is 10.1. The van der Waals surface area contributed by atoms with Crippen LogP contribution in [-0.4, -0.2) is 55.8 Å². The SMILES string of the molecule is O=C1c2ccccc2S(=O)(=O)N1CCN1CCC(Oc2ccc3ccccc3c2)C1. The van der Waals surface area contributed by atoms with Gasteiger partial charge in [-0.05, 0) is 41.5 Å². The second-order valence-electron chi connectivity index (χ2n) is 7.72. The Kier molecular flexibility index (Phi) is 4.72. The fourth-order valence-corrected chi connectivity index (χ4v) is 5.77. The lowest BCUT2D eigenvalue weighted by Gasteiger charge is -2.21. The Labute approximate surface area is 175 Å².